The van der Waals surface area contributed by atoms with E-state index in [0.29, 0.717) is 0 Å². The molecular weight excluding hydrogens is 248 g/mol. The van der Waals surface area contributed by atoms with Gasteiger partial charge in [0.25, 0.3) is 0 Å². The summed E-state index contributed by atoms with van der Waals surface area (Å²) in [5.41, 5.74) is 0. The molecule has 0 amide bonds. The van der Waals surface area contributed by atoms with Gasteiger partial charge in [0.15, 0.2) is 0 Å². The van der Waals surface area contributed by atoms with E-state index in [0.717, 1.165) is 0 Å². The van der Waals surface area contributed by atoms with Crippen LogP contribution < -0.4 is 0 Å². The first kappa shape index (κ1) is 8.82. The summed E-state index contributed by atoms with van der Waals surface area (Å²) in [6.45, 7) is 0. The molecular formula is H2O2SW. The molecule has 0 aromatic heterocycles. The summed E-state index contributed by atoms with van der Waals surface area (Å²) in [7, 11) is 0. The fourth-order valence-corrected chi connectivity index (χ4v) is 0. The third-order valence-electron chi connectivity index (χ3n) is 0. The van der Waals surface area contributed by atoms with Gasteiger partial charge in [0.1, 0.15) is 11.6 Å². The Balaban J connectivity index is 0. The maximum Gasteiger partial charge on any atom is 0.129 e. The van der Waals surface area contributed by atoms with Crippen LogP contribution in [0.4, 0.5) is 0 Å². The second-order valence-electron chi connectivity index (χ2n) is 0.0833. The van der Waals surface area contributed by atoms with Gasteiger partial charge in [-0.1, -0.05) is 0 Å². The number of hydrogen-bond acceptors (Lipinski definition) is 2. The molecule has 0 aliphatic rings. The predicted molar refractivity (Wildman–Crippen MR) is 11.7 cm³/mol. The summed E-state index contributed by atoms with van der Waals surface area (Å²) >= 11 is -1.42. The molecule has 26 valence electrons. The molecule has 0 heterocycles. The van der Waals surface area contributed by atoms with Crippen LogP contribution >= 0.6 is 0 Å². The maximum atomic E-state index is 8.40. The van der Waals surface area contributed by atoms with Crippen LogP contribution in [-0.2, 0) is 32.6 Å². The molecule has 0 N–H and O–H groups in total. The van der Waals surface area contributed by atoms with Crippen LogP contribution in [0.25, 0.3) is 0 Å². The van der Waals surface area contributed by atoms with Gasteiger partial charge in [0, 0.05) is 21.1 Å². The van der Waals surface area contributed by atoms with Gasteiger partial charge in [-0.3, -0.25) is 0 Å². The van der Waals surface area contributed by atoms with Crippen LogP contribution in [0.5, 0.6) is 0 Å². The monoisotopic (exact) mass is 250 g/mol. The SMILES string of the molecule is O=[SH2]=O.[W]. The van der Waals surface area contributed by atoms with Gasteiger partial charge >= 0.3 is 0 Å². The molecule has 0 aromatic carbocycles. The molecule has 0 atom stereocenters. The van der Waals surface area contributed by atoms with E-state index in [1.807, 2.05) is 0 Å². The van der Waals surface area contributed by atoms with Crippen LogP contribution in [-0.4, -0.2) is 8.42 Å². The summed E-state index contributed by atoms with van der Waals surface area (Å²) in [4.78, 5) is 0. The summed E-state index contributed by atoms with van der Waals surface area (Å²) in [6.07, 6.45) is 0. The molecule has 0 spiro atoms. The van der Waals surface area contributed by atoms with Crippen LogP contribution in [0.1, 0.15) is 0 Å². The Morgan fingerprint density at radius 2 is 1.25 bits per heavy atom. The fourth-order valence-electron chi connectivity index (χ4n) is 0. The minimum Gasteiger partial charge on any atom is -0.235 e. The van der Waals surface area contributed by atoms with Crippen LogP contribution in [0.15, 0.2) is 0 Å². The van der Waals surface area contributed by atoms with Gasteiger partial charge in [0.05, 0.1) is 0 Å². The van der Waals surface area contributed by atoms with Crippen molar-refractivity contribution < 1.29 is 29.5 Å². The zero-order valence-electron chi connectivity index (χ0n) is 1.72. The van der Waals surface area contributed by atoms with Gasteiger partial charge in [-0.15, -0.1) is 0 Å². The first-order valence-electron chi connectivity index (χ1n) is 0.408. The first-order chi connectivity index (χ1) is 1.41. The van der Waals surface area contributed by atoms with Gasteiger partial charge < -0.3 is 0 Å². The standard InChI is InChI=1S/H2O2S.W/c1-3-2;/h3H2;. The Kier molecular flexibility index (Phi) is 20.8. The van der Waals surface area contributed by atoms with Crippen molar-refractivity contribution in [2.24, 2.45) is 0 Å². The zero-order chi connectivity index (χ0) is 2.71. The summed E-state index contributed by atoms with van der Waals surface area (Å²) in [5, 5.41) is 0. The molecule has 0 aliphatic carbocycles. The van der Waals surface area contributed by atoms with Gasteiger partial charge in [0.2, 0.25) is 0 Å². The molecule has 0 rings (SSSR count). The fraction of sp³-hybridized carbons (Fsp3) is 0. The minimum absolute atomic E-state index is 0. The smallest absolute Gasteiger partial charge is 0.129 e. The molecule has 2 nitrogen and oxygen atoms in total. The van der Waals surface area contributed by atoms with Crippen molar-refractivity contribution in [3.8, 4) is 0 Å². The van der Waals surface area contributed by atoms with Crippen molar-refractivity contribution >= 4 is 11.6 Å². The van der Waals surface area contributed by atoms with E-state index in [-0.39, 0.29) is 21.1 Å². The predicted octanol–water partition coefficient (Wildman–Crippen LogP) is -1.21. The number of rotatable bonds is 0. The van der Waals surface area contributed by atoms with E-state index in [9.17, 15) is 0 Å². The van der Waals surface area contributed by atoms with Crippen LogP contribution in [0, 0.1) is 0 Å². The van der Waals surface area contributed by atoms with Crippen molar-refractivity contribution in [3.05, 3.63) is 0 Å². The van der Waals surface area contributed by atoms with E-state index < -0.39 is 11.6 Å². The first-order valence-corrected chi connectivity index (χ1v) is 1.22. The van der Waals surface area contributed by atoms with Crippen molar-refractivity contribution in [1.29, 1.82) is 0 Å². The Bertz CT molecular complexity index is 27.0. The Morgan fingerprint density at radius 1 is 1.25 bits per heavy atom. The largest absolute Gasteiger partial charge is 0.235 e. The Hall–Kier alpha value is 0.638. The summed E-state index contributed by atoms with van der Waals surface area (Å²) in [5.74, 6) is 0. The van der Waals surface area contributed by atoms with E-state index in [1.54, 1.807) is 0 Å². The topological polar surface area (TPSA) is 34.1 Å². The second-order valence-corrected chi connectivity index (χ2v) is 0.250. The van der Waals surface area contributed by atoms with Crippen LogP contribution in [0.3, 0.4) is 0 Å². The van der Waals surface area contributed by atoms with Crippen molar-refractivity contribution in [1.82, 2.24) is 0 Å². The van der Waals surface area contributed by atoms with Crippen molar-refractivity contribution in [2.75, 3.05) is 0 Å². The average Bonchev–Trinajstić information content (AvgIpc) is 0.918. The second kappa shape index (κ2) is 9.44. The normalized spacial score (nSPS) is 4.00. The van der Waals surface area contributed by atoms with Crippen LogP contribution in [0.2, 0.25) is 0 Å². The molecule has 0 radical (unpaired) electrons. The third-order valence-corrected chi connectivity index (χ3v) is 0. The molecule has 0 saturated carbocycles. The van der Waals surface area contributed by atoms with Crippen molar-refractivity contribution in [2.45, 2.75) is 0 Å². The molecule has 4 heteroatoms. The van der Waals surface area contributed by atoms with Crippen molar-refractivity contribution in [3.63, 3.8) is 0 Å². The summed E-state index contributed by atoms with van der Waals surface area (Å²) in [6, 6.07) is 0. The van der Waals surface area contributed by atoms with E-state index >= 15 is 0 Å². The molecule has 0 saturated heterocycles. The molecule has 0 unspecified atom stereocenters. The minimum atomic E-state index is -1.42. The average molecular weight is 250 g/mol. The molecule has 0 bridgehead atoms. The van der Waals surface area contributed by atoms with E-state index in [1.165, 1.54) is 0 Å². The molecule has 4 heavy (non-hydrogen) atoms. The molecule has 0 aliphatic heterocycles. The Morgan fingerprint density at radius 3 is 1.25 bits per heavy atom. The molecule has 0 fully saturated rings. The van der Waals surface area contributed by atoms with E-state index in [4.69, 9.17) is 8.42 Å². The summed E-state index contributed by atoms with van der Waals surface area (Å²) < 4.78 is 16.8. The quantitative estimate of drug-likeness (QED) is 0.540. The van der Waals surface area contributed by atoms with E-state index in [2.05, 4.69) is 0 Å². The molecule has 0 aromatic rings. The maximum absolute atomic E-state index is 8.40. The van der Waals surface area contributed by atoms with Gasteiger partial charge in [-0.2, -0.15) is 0 Å². The van der Waals surface area contributed by atoms with Gasteiger partial charge in [-0.05, 0) is 0 Å². The Labute approximate surface area is 41.5 Å². The zero-order valence-corrected chi connectivity index (χ0v) is 5.66. The third kappa shape index (κ3) is 17.4. The van der Waals surface area contributed by atoms with Gasteiger partial charge in [-0.25, -0.2) is 8.42 Å². The number of hydrogen-bond donors (Lipinski definition) is 0.